The maximum absolute atomic E-state index is 12.6. The van der Waals surface area contributed by atoms with Gasteiger partial charge in [-0.05, 0) is 18.6 Å². The lowest BCUT2D eigenvalue weighted by atomic mass is 10.0. The first-order chi connectivity index (χ1) is 7.41. The monoisotopic (exact) mass is 236 g/mol. The number of aliphatic hydroxyl groups is 1. The zero-order chi connectivity index (χ0) is 12.3. The molecule has 0 bridgehead atoms. The van der Waals surface area contributed by atoms with Crippen LogP contribution in [0.1, 0.15) is 11.1 Å². The Morgan fingerprint density at radius 1 is 1.31 bits per heavy atom. The highest BCUT2D eigenvalue weighted by Gasteiger charge is 2.35. The van der Waals surface area contributed by atoms with E-state index in [0.29, 0.717) is 0 Å². The number of ether oxygens (including phenoxy) is 1. The summed E-state index contributed by atoms with van der Waals surface area (Å²) in [6.45, 7) is -0.482. The summed E-state index contributed by atoms with van der Waals surface area (Å²) in [5.41, 5.74) is -1.31. The van der Waals surface area contributed by atoms with E-state index in [9.17, 15) is 18.3 Å². The van der Waals surface area contributed by atoms with E-state index in [1.54, 1.807) is 0 Å². The molecule has 1 rings (SSSR count). The van der Waals surface area contributed by atoms with Crippen LogP contribution in [0.5, 0.6) is 11.5 Å². The molecular formula is C10H11F3O3. The number of hydrogen-bond donors (Lipinski definition) is 2. The van der Waals surface area contributed by atoms with E-state index in [0.717, 1.165) is 12.1 Å². The van der Waals surface area contributed by atoms with Crippen molar-refractivity contribution < 1.29 is 28.1 Å². The summed E-state index contributed by atoms with van der Waals surface area (Å²) in [6, 6.07) is 1.86. The van der Waals surface area contributed by atoms with Crippen molar-refractivity contribution in [2.45, 2.75) is 12.6 Å². The molecule has 90 valence electrons. The molecule has 6 heteroatoms. The van der Waals surface area contributed by atoms with Crippen LogP contribution in [-0.4, -0.2) is 23.9 Å². The fourth-order valence-corrected chi connectivity index (χ4v) is 1.41. The first-order valence-corrected chi connectivity index (χ1v) is 4.48. The number of alkyl halides is 3. The molecule has 0 atom stereocenters. The van der Waals surface area contributed by atoms with Crippen LogP contribution in [0.15, 0.2) is 12.1 Å². The van der Waals surface area contributed by atoms with Crippen LogP contribution in [0.2, 0.25) is 0 Å². The Balaban J connectivity index is 3.34. The number of aromatic hydroxyl groups is 1. The molecule has 0 saturated carbocycles. The molecule has 3 nitrogen and oxygen atoms in total. The van der Waals surface area contributed by atoms with E-state index in [1.807, 2.05) is 0 Å². The van der Waals surface area contributed by atoms with Crippen LogP contribution in [0, 0.1) is 0 Å². The zero-order valence-corrected chi connectivity index (χ0v) is 8.51. The lowest BCUT2D eigenvalue weighted by Crippen LogP contribution is -2.10. The first kappa shape index (κ1) is 12.6. The minimum absolute atomic E-state index is 0.0450. The molecule has 0 radical (unpaired) electrons. The molecule has 0 unspecified atom stereocenters. The summed E-state index contributed by atoms with van der Waals surface area (Å²) in [5.74, 6) is -0.622. The molecule has 2 N–H and O–H groups in total. The first-order valence-electron chi connectivity index (χ1n) is 4.48. The maximum Gasteiger partial charge on any atom is 0.416 e. The second-order valence-corrected chi connectivity index (χ2v) is 3.11. The maximum atomic E-state index is 12.6. The summed E-state index contributed by atoms with van der Waals surface area (Å²) in [6.07, 6.45) is -4.84. The van der Waals surface area contributed by atoms with Gasteiger partial charge in [-0.15, -0.1) is 0 Å². The molecule has 0 spiro atoms. The summed E-state index contributed by atoms with van der Waals surface area (Å²) in [7, 11) is 1.24. The summed E-state index contributed by atoms with van der Waals surface area (Å²) in [5, 5.41) is 18.2. The van der Waals surface area contributed by atoms with E-state index in [1.165, 1.54) is 7.11 Å². The summed E-state index contributed by atoms with van der Waals surface area (Å²) < 4.78 is 42.4. The van der Waals surface area contributed by atoms with Gasteiger partial charge in [-0.2, -0.15) is 13.2 Å². The van der Waals surface area contributed by atoms with Crippen LogP contribution in [0.3, 0.4) is 0 Å². The smallest absolute Gasteiger partial charge is 0.416 e. The Morgan fingerprint density at radius 3 is 2.38 bits per heavy atom. The Labute approximate surface area is 90.1 Å². The van der Waals surface area contributed by atoms with Gasteiger partial charge >= 0.3 is 6.18 Å². The van der Waals surface area contributed by atoms with Crippen LogP contribution in [0.25, 0.3) is 0 Å². The molecule has 0 aliphatic heterocycles. The van der Waals surface area contributed by atoms with Crippen molar-refractivity contribution in [3.8, 4) is 11.5 Å². The second-order valence-electron chi connectivity index (χ2n) is 3.11. The van der Waals surface area contributed by atoms with Crippen LogP contribution >= 0.6 is 0 Å². The van der Waals surface area contributed by atoms with E-state index < -0.39 is 24.1 Å². The van der Waals surface area contributed by atoms with Gasteiger partial charge in [-0.3, -0.25) is 0 Å². The van der Waals surface area contributed by atoms with Crippen molar-refractivity contribution in [1.82, 2.24) is 0 Å². The Kier molecular flexibility index (Phi) is 3.64. The van der Waals surface area contributed by atoms with E-state index in [4.69, 9.17) is 9.84 Å². The van der Waals surface area contributed by atoms with Crippen molar-refractivity contribution in [3.05, 3.63) is 23.3 Å². The normalized spacial score (nSPS) is 11.6. The van der Waals surface area contributed by atoms with Crippen molar-refractivity contribution in [2.75, 3.05) is 13.7 Å². The number of benzene rings is 1. The van der Waals surface area contributed by atoms with E-state index in [2.05, 4.69) is 0 Å². The number of aliphatic hydroxyl groups excluding tert-OH is 1. The van der Waals surface area contributed by atoms with Crippen LogP contribution in [0.4, 0.5) is 13.2 Å². The summed E-state index contributed by atoms with van der Waals surface area (Å²) >= 11 is 0. The van der Waals surface area contributed by atoms with Crippen molar-refractivity contribution in [1.29, 1.82) is 0 Å². The average Bonchev–Trinajstić information content (AvgIpc) is 2.19. The van der Waals surface area contributed by atoms with Crippen molar-refractivity contribution >= 4 is 0 Å². The number of phenols is 1. The molecule has 0 aliphatic rings. The van der Waals surface area contributed by atoms with Gasteiger partial charge in [0.05, 0.1) is 12.7 Å². The predicted octanol–water partition coefficient (Wildman–Crippen LogP) is 1.95. The predicted molar refractivity (Wildman–Crippen MR) is 50.5 cm³/mol. The highest BCUT2D eigenvalue weighted by Crippen LogP contribution is 2.40. The molecule has 0 saturated heterocycles. The van der Waals surface area contributed by atoms with Crippen molar-refractivity contribution in [3.63, 3.8) is 0 Å². The molecule has 16 heavy (non-hydrogen) atoms. The average molecular weight is 236 g/mol. The third-order valence-electron chi connectivity index (χ3n) is 2.13. The molecule has 0 fully saturated rings. The van der Waals surface area contributed by atoms with Gasteiger partial charge in [0.1, 0.15) is 0 Å². The van der Waals surface area contributed by atoms with Gasteiger partial charge in [0.15, 0.2) is 11.5 Å². The Morgan fingerprint density at radius 2 is 1.94 bits per heavy atom. The Bertz CT molecular complexity index is 374. The molecule has 0 heterocycles. The van der Waals surface area contributed by atoms with Gasteiger partial charge in [-0.25, -0.2) is 0 Å². The third kappa shape index (κ3) is 2.38. The summed E-state index contributed by atoms with van der Waals surface area (Å²) in [4.78, 5) is 0. The number of hydrogen-bond acceptors (Lipinski definition) is 3. The van der Waals surface area contributed by atoms with Gasteiger partial charge in [0.2, 0.25) is 0 Å². The zero-order valence-electron chi connectivity index (χ0n) is 8.51. The quantitative estimate of drug-likeness (QED) is 0.843. The largest absolute Gasteiger partial charge is 0.504 e. The third-order valence-corrected chi connectivity index (χ3v) is 2.13. The molecule has 1 aromatic carbocycles. The van der Waals surface area contributed by atoms with Crippen LogP contribution < -0.4 is 4.74 Å². The molecule has 0 aliphatic carbocycles. The Hall–Kier alpha value is -1.43. The number of rotatable bonds is 3. The number of halogens is 3. The second kappa shape index (κ2) is 4.61. The minimum Gasteiger partial charge on any atom is -0.504 e. The molecule has 0 amide bonds. The lowest BCUT2D eigenvalue weighted by molar-refractivity contribution is -0.138. The van der Waals surface area contributed by atoms with Gasteiger partial charge < -0.3 is 14.9 Å². The fourth-order valence-electron chi connectivity index (χ4n) is 1.41. The van der Waals surface area contributed by atoms with E-state index >= 15 is 0 Å². The fraction of sp³-hybridized carbons (Fsp3) is 0.400. The van der Waals surface area contributed by atoms with Gasteiger partial charge in [0.25, 0.3) is 0 Å². The topological polar surface area (TPSA) is 49.7 Å². The highest BCUT2D eigenvalue weighted by atomic mass is 19.4. The van der Waals surface area contributed by atoms with Crippen LogP contribution in [-0.2, 0) is 12.6 Å². The van der Waals surface area contributed by atoms with Crippen molar-refractivity contribution in [2.24, 2.45) is 0 Å². The number of methoxy groups -OCH3 is 1. The highest BCUT2D eigenvalue weighted by molar-refractivity contribution is 5.50. The molecular weight excluding hydrogens is 225 g/mol. The minimum atomic E-state index is -4.56. The standard InChI is InChI=1S/C10H11F3O3/c1-16-8-3-2-7(10(11,12)13)6(4-5-14)9(8)15/h2-3,14-15H,4-5H2,1H3. The molecule has 1 aromatic rings. The van der Waals surface area contributed by atoms with Gasteiger partial charge in [0, 0.05) is 12.2 Å². The van der Waals surface area contributed by atoms with E-state index in [-0.39, 0.29) is 17.7 Å². The molecule has 0 aromatic heterocycles. The lowest BCUT2D eigenvalue weighted by Gasteiger charge is -2.15. The number of phenolic OH excluding ortho intramolecular Hbond substituents is 1. The SMILES string of the molecule is COc1ccc(C(F)(F)F)c(CCO)c1O. The van der Waals surface area contributed by atoms with Gasteiger partial charge in [-0.1, -0.05) is 0 Å².